The normalized spacial score (nSPS) is 24.1. The summed E-state index contributed by atoms with van der Waals surface area (Å²) in [6.07, 6.45) is 0.917. The lowest BCUT2D eigenvalue weighted by Crippen LogP contribution is -2.42. The summed E-state index contributed by atoms with van der Waals surface area (Å²) in [6, 6.07) is 6.52. The minimum Gasteiger partial charge on any atom is -0.378 e. The summed E-state index contributed by atoms with van der Waals surface area (Å²) in [4.78, 5) is 0. The highest BCUT2D eigenvalue weighted by Crippen LogP contribution is 2.21. The van der Waals surface area contributed by atoms with Crippen LogP contribution in [0, 0.1) is 5.82 Å². The largest absolute Gasteiger partial charge is 0.378 e. The molecule has 1 unspecified atom stereocenters. The number of hydrogen-bond donors (Lipinski definition) is 1. The molecule has 0 spiro atoms. The third-order valence-electron chi connectivity index (χ3n) is 3.19. The van der Waals surface area contributed by atoms with Crippen LogP contribution in [0.2, 0.25) is 0 Å². The zero-order valence-electron chi connectivity index (χ0n) is 10.0. The van der Waals surface area contributed by atoms with Crippen LogP contribution >= 0.6 is 0 Å². The van der Waals surface area contributed by atoms with Gasteiger partial charge in [-0.25, -0.2) is 4.39 Å². The van der Waals surface area contributed by atoms with E-state index >= 15 is 0 Å². The van der Waals surface area contributed by atoms with Crippen LogP contribution in [0.25, 0.3) is 0 Å². The number of methoxy groups -OCH3 is 1. The third kappa shape index (κ3) is 3.25. The first-order valence-electron chi connectivity index (χ1n) is 5.82. The molecule has 0 saturated carbocycles. The predicted octanol–water partition coefficient (Wildman–Crippen LogP) is 1.72. The van der Waals surface area contributed by atoms with Gasteiger partial charge in [0.1, 0.15) is 11.4 Å². The minimum absolute atomic E-state index is 0.194. The van der Waals surface area contributed by atoms with E-state index in [2.05, 4.69) is 5.32 Å². The van der Waals surface area contributed by atoms with E-state index < -0.39 is 0 Å². The molecule has 3 nitrogen and oxygen atoms in total. The molecule has 0 bridgehead atoms. The van der Waals surface area contributed by atoms with Gasteiger partial charge in [-0.3, -0.25) is 0 Å². The number of rotatable bonds is 5. The second-order valence-electron chi connectivity index (χ2n) is 4.42. The fraction of sp³-hybridized carbons (Fsp3) is 0.538. The summed E-state index contributed by atoms with van der Waals surface area (Å²) >= 11 is 0. The van der Waals surface area contributed by atoms with E-state index in [1.54, 1.807) is 19.2 Å². The Morgan fingerprint density at radius 2 is 2.18 bits per heavy atom. The van der Waals surface area contributed by atoms with Crippen molar-refractivity contribution >= 4 is 0 Å². The molecular weight excluding hydrogens is 221 g/mol. The molecule has 1 aromatic rings. The molecule has 0 amide bonds. The van der Waals surface area contributed by atoms with Crippen molar-refractivity contribution in [2.24, 2.45) is 0 Å². The second kappa shape index (κ2) is 5.58. The molecule has 0 radical (unpaired) electrons. The fourth-order valence-electron chi connectivity index (χ4n) is 2.00. The van der Waals surface area contributed by atoms with Gasteiger partial charge in [0.05, 0.1) is 6.61 Å². The van der Waals surface area contributed by atoms with Gasteiger partial charge in [-0.15, -0.1) is 0 Å². The topological polar surface area (TPSA) is 30.5 Å². The van der Waals surface area contributed by atoms with Crippen LogP contribution < -0.4 is 5.32 Å². The van der Waals surface area contributed by atoms with Gasteiger partial charge in [-0.2, -0.15) is 0 Å². The third-order valence-corrected chi connectivity index (χ3v) is 3.19. The van der Waals surface area contributed by atoms with Crippen molar-refractivity contribution in [3.05, 3.63) is 35.6 Å². The van der Waals surface area contributed by atoms with Crippen LogP contribution in [0.4, 0.5) is 4.39 Å². The average molecular weight is 239 g/mol. The maximum Gasteiger partial charge on any atom is 0.123 e. The molecule has 0 aliphatic carbocycles. The van der Waals surface area contributed by atoms with E-state index in [1.165, 1.54) is 12.1 Å². The summed E-state index contributed by atoms with van der Waals surface area (Å²) in [6.45, 7) is 2.86. The van der Waals surface area contributed by atoms with Gasteiger partial charge in [0.25, 0.3) is 0 Å². The van der Waals surface area contributed by atoms with Gasteiger partial charge in [-0.05, 0) is 17.7 Å². The molecule has 1 saturated heterocycles. The molecule has 2 rings (SSSR count). The lowest BCUT2D eigenvalue weighted by Gasteiger charge is -2.26. The minimum atomic E-state index is -0.202. The smallest absolute Gasteiger partial charge is 0.123 e. The fourth-order valence-corrected chi connectivity index (χ4v) is 2.00. The Bertz CT molecular complexity index is 347. The summed E-state index contributed by atoms with van der Waals surface area (Å²) in [5.74, 6) is -0.202. The van der Waals surface area contributed by atoms with Crippen LogP contribution in [0.1, 0.15) is 12.0 Å². The Morgan fingerprint density at radius 3 is 2.76 bits per heavy atom. The molecule has 1 N–H and O–H groups in total. The number of halogens is 1. The van der Waals surface area contributed by atoms with Gasteiger partial charge < -0.3 is 14.8 Å². The van der Waals surface area contributed by atoms with Gasteiger partial charge in [0.2, 0.25) is 0 Å². The molecule has 94 valence electrons. The van der Waals surface area contributed by atoms with Crippen molar-refractivity contribution in [3.8, 4) is 0 Å². The molecule has 1 aromatic carbocycles. The monoisotopic (exact) mass is 239 g/mol. The lowest BCUT2D eigenvalue weighted by atomic mass is 10.0. The summed E-state index contributed by atoms with van der Waals surface area (Å²) in [7, 11) is 1.72. The van der Waals surface area contributed by atoms with Crippen LogP contribution in [0.3, 0.4) is 0 Å². The van der Waals surface area contributed by atoms with Crippen molar-refractivity contribution in [3.63, 3.8) is 0 Å². The van der Waals surface area contributed by atoms with Crippen molar-refractivity contribution in [1.29, 1.82) is 0 Å². The Balaban J connectivity index is 1.80. The van der Waals surface area contributed by atoms with Gasteiger partial charge in [0, 0.05) is 33.2 Å². The maximum atomic E-state index is 12.7. The Labute approximate surface area is 101 Å². The zero-order valence-corrected chi connectivity index (χ0v) is 10.0. The standard InChI is InChI=1S/C13H18FNO2/c1-16-13(6-7-17-10-13)9-15-8-11-2-4-12(14)5-3-11/h2-5,15H,6-10H2,1H3. The molecule has 1 fully saturated rings. The second-order valence-corrected chi connectivity index (χ2v) is 4.42. The molecule has 1 aliphatic rings. The van der Waals surface area contributed by atoms with E-state index in [-0.39, 0.29) is 11.4 Å². The molecule has 1 aliphatic heterocycles. The SMILES string of the molecule is COC1(CNCc2ccc(F)cc2)CCOC1. The highest BCUT2D eigenvalue weighted by Gasteiger charge is 2.34. The summed E-state index contributed by atoms with van der Waals surface area (Å²) < 4.78 is 23.6. The quantitative estimate of drug-likeness (QED) is 0.848. The molecular formula is C13H18FNO2. The first-order chi connectivity index (χ1) is 8.24. The molecule has 1 atom stereocenters. The van der Waals surface area contributed by atoms with Crippen molar-refractivity contribution in [1.82, 2.24) is 5.32 Å². The first-order valence-corrected chi connectivity index (χ1v) is 5.82. The number of hydrogen-bond acceptors (Lipinski definition) is 3. The summed E-state index contributed by atoms with van der Waals surface area (Å²) in [5.41, 5.74) is 0.872. The van der Waals surface area contributed by atoms with Crippen LogP contribution in [-0.4, -0.2) is 32.5 Å². The van der Waals surface area contributed by atoms with Gasteiger partial charge in [0.15, 0.2) is 0 Å². The van der Waals surface area contributed by atoms with Crippen LogP contribution in [0.5, 0.6) is 0 Å². The van der Waals surface area contributed by atoms with Crippen LogP contribution in [0.15, 0.2) is 24.3 Å². The van der Waals surface area contributed by atoms with Crippen molar-refractivity contribution in [2.75, 3.05) is 26.9 Å². The predicted molar refractivity (Wildman–Crippen MR) is 63.3 cm³/mol. The van der Waals surface area contributed by atoms with Crippen LogP contribution in [-0.2, 0) is 16.0 Å². The average Bonchev–Trinajstić information content (AvgIpc) is 2.81. The van der Waals surface area contributed by atoms with E-state index in [0.29, 0.717) is 13.2 Å². The van der Waals surface area contributed by atoms with Crippen molar-refractivity contribution < 1.29 is 13.9 Å². The van der Waals surface area contributed by atoms with E-state index in [1.807, 2.05) is 0 Å². The highest BCUT2D eigenvalue weighted by molar-refractivity contribution is 5.15. The molecule has 17 heavy (non-hydrogen) atoms. The molecule has 4 heteroatoms. The van der Waals surface area contributed by atoms with Crippen molar-refractivity contribution in [2.45, 2.75) is 18.6 Å². The summed E-state index contributed by atoms with van der Waals surface area (Å²) in [5, 5.41) is 3.33. The Morgan fingerprint density at radius 1 is 1.41 bits per heavy atom. The Hall–Kier alpha value is -0.970. The Kier molecular flexibility index (Phi) is 4.10. The number of nitrogens with one attached hydrogen (secondary N) is 1. The molecule has 1 heterocycles. The zero-order chi connectivity index (χ0) is 12.1. The van der Waals surface area contributed by atoms with E-state index in [0.717, 1.165) is 25.1 Å². The number of benzene rings is 1. The number of ether oxygens (including phenoxy) is 2. The lowest BCUT2D eigenvalue weighted by molar-refractivity contribution is -0.0159. The first kappa shape index (κ1) is 12.5. The van der Waals surface area contributed by atoms with E-state index in [4.69, 9.17) is 9.47 Å². The highest BCUT2D eigenvalue weighted by atomic mass is 19.1. The molecule has 0 aromatic heterocycles. The maximum absolute atomic E-state index is 12.7. The van der Waals surface area contributed by atoms with Gasteiger partial charge >= 0.3 is 0 Å². The van der Waals surface area contributed by atoms with E-state index in [9.17, 15) is 4.39 Å². The van der Waals surface area contributed by atoms with Gasteiger partial charge in [-0.1, -0.05) is 12.1 Å².